The van der Waals surface area contributed by atoms with Crippen molar-refractivity contribution in [1.29, 1.82) is 0 Å². The molecule has 0 radical (unpaired) electrons. The van der Waals surface area contributed by atoms with Crippen LogP contribution in [0.2, 0.25) is 0 Å². The van der Waals surface area contributed by atoms with Crippen molar-refractivity contribution < 1.29 is 32.2 Å². The maximum absolute atomic E-state index is 13.6. The smallest absolute Gasteiger partial charge is 0.395 e. The number of carbonyl (C=O) groups excluding carboxylic acids is 2. The second-order valence-corrected chi connectivity index (χ2v) is 7.88. The summed E-state index contributed by atoms with van der Waals surface area (Å²) in [5.74, 6) is -0.855. The molecular formula is C24H16F3NO4. The molecule has 0 spiro atoms. The van der Waals surface area contributed by atoms with Crippen molar-refractivity contribution in [2.45, 2.75) is 31.0 Å². The minimum Gasteiger partial charge on any atom is -0.395 e. The lowest BCUT2D eigenvalue weighted by atomic mass is 9.88. The molecule has 5 rings (SSSR count). The summed E-state index contributed by atoms with van der Waals surface area (Å²) in [6.45, 7) is 0. The Morgan fingerprint density at radius 3 is 2.56 bits per heavy atom. The van der Waals surface area contributed by atoms with Crippen molar-refractivity contribution in [3.05, 3.63) is 77.2 Å². The van der Waals surface area contributed by atoms with Gasteiger partial charge in [-0.1, -0.05) is 12.1 Å². The van der Waals surface area contributed by atoms with E-state index < -0.39 is 17.5 Å². The number of ketones is 1. The van der Waals surface area contributed by atoms with Gasteiger partial charge in [-0.05, 0) is 60.9 Å². The summed E-state index contributed by atoms with van der Waals surface area (Å²) in [4.78, 5) is 28.7. The predicted molar refractivity (Wildman–Crippen MR) is 107 cm³/mol. The zero-order chi connectivity index (χ0) is 22.5. The number of pyridine rings is 1. The van der Waals surface area contributed by atoms with Crippen LogP contribution in [0, 0.1) is 5.82 Å². The lowest BCUT2D eigenvalue weighted by molar-refractivity contribution is -0.286. The van der Waals surface area contributed by atoms with Crippen molar-refractivity contribution in [1.82, 2.24) is 4.98 Å². The number of benzene rings is 2. The van der Waals surface area contributed by atoms with E-state index in [9.17, 15) is 22.8 Å². The highest BCUT2D eigenvalue weighted by Crippen LogP contribution is 2.52. The first kappa shape index (κ1) is 20.2. The molecule has 8 heteroatoms. The van der Waals surface area contributed by atoms with Crippen molar-refractivity contribution in [2.75, 3.05) is 0 Å². The minimum absolute atomic E-state index is 0.0418. The third-order valence-electron chi connectivity index (χ3n) is 5.80. The van der Waals surface area contributed by atoms with Crippen LogP contribution in [-0.4, -0.2) is 23.3 Å². The molecule has 0 amide bonds. The van der Waals surface area contributed by atoms with Crippen LogP contribution in [0.25, 0.3) is 11.3 Å². The van der Waals surface area contributed by atoms with Crippen LogP contribution < -0.4 is 9.47 Å². The van der Waals surface area contributed by atoms with Gasteiger partial charge in [-0.3, -0.25) is 14.6 Å². The van der Waals surface area contributed by atoms with Crippen LogP contribution in [0.4, 0.5) is 13.2 Å². The summed E-state index contributed by atoms with van der Waals surface area (Å²) in [5, 5.41) is 0. The Labute approximate surface area is 180 Å². The van der Waals surface area contributed by atoms with Crippen LogP contribution in [0.3, 0.4) is 0 Å². The van der Waals surface area contributed by atoms with Gasteiger partial charge in [0.15, 0.2) is 17.8 Å². The molecule has 0 saturated heterocycles. The average molecular weight is 439 g/mol. The van der Waals surface area contributed by atoms with Crippen LogP contribution in [0.15, 0.2) is 54.6 Å². The Balaban J connectivity index is 1.38. The molecular weight excluding hydrogens is 423 g/mol. The topological polar surface area (TPSA) is 65.5 Å². The van der Waals surface area contributed by atoms with E-state index in [0.29, 0.717) is 41.6 Å². The molecule has 0 unspecified atom stereocenters. The van der Waals surface area contributed by atoms with Gasteiger partial charge in [0.1, 0.15) is 11.6 Å². The molecule has 2 aliphatic rings. The first-order valence-electron chi connectivity index (χ1n) is 9.94. The molecule has 162 valence electrons. The standard InChI is InChI=1S/C24H16F3NO4/c25-18-6-4-14(10-15(18)13-29)19-3-1-2-17(28-19)12-22(30)23(8-9-23)16-5-7-20-21(11-16)32-24(26,27)31-20/h1-7,10-11,13H,8-9,12H2. The molecule has 1 aromatic heterocycles. The fraction of sp³-hybridized carbons (Fsp3) is 0.208. The number of rotatable bonds is 6. The Morgan fingerprint density at radius 1 is 1.03 bits per heavy atom. The van der Waals surface area contributed by atoms with Crippen LogP contribution in [-0.2, 0) is 16.6 Å². The first-order chi connectivity index (χ1) is 15.3. The van der Waals surface area contributed by atoms with Gasteiger partial charge < -0.3 is 9.47 Å². The van der Waals surface area contributed by atoms with Gasteiger partial charge in [0.05, 0.1) is 16.7 Å². The fourth-order valence-corrected chi connectivity index (χ4v) is 3.97. The Hall–Kier alpha value is -3.68. The van der Waals surface area contributed by atoms with Gasteiger partial charge in [-0.25, -0.2) is 4.39 Å². The number of alkyl halides is 2. The van der Waals surface area contributed by atoms with Crippen LogP contribution in [0.1, 0.15) is 34.5 Å². The lowest BCUT2D eigenvalue weighted by Gasteiger charge is -2.15. The quantitative estimate of drug-likeness (QED) is 0.513. The highest BCUT2D eigenvalue weighted by atomic mass is 19.3. The molecule has 5 nitrogen and oxygen atoms in total. The van der Waals surface area contributed by atoms with Crippen molar-refractivity contribution in [2.24, 2.45) is 0 Å². The first-order valence-corrected chi connectivity index (χ1v) is 9.94. The normalized spacial score (nSPS) is 17.1. The number of halogens is 3. The minimum atomic E-state index is -3.71. The number of fused-ring (bicyclic) bond motifs is 1. The van der Waals surface area contributed by atoms with Gasteiger partial charge in [0, 0.05) is 17.7 Å². The average Bonchev–Trinajstić information content (AvgIpc) is 3.51. The van der Waals surface area contributed by atoms with Gasteiger partial charge in [0.25, 0.3) is 0 Å². The highest BCUT2D eigenvalue weighted by Gasteiger charge is 2.52. The molecule has 2 heterocycles. The number of ether oxygens (including phenoxy) is 2. The molecule has 32 heavy (non-hydrogen) atoms. The zero-order valence-corrected chi connectivity index (χ0v) is 16.6. The summed E-state index contributed by atoms with van der Waals surface area (Å²) in [6.07, 6.45) is -2.04. The SMILES string of the molecule is O=Cc1cc(-c2cccc(CC(=O)C3(c4ccc5c(c4)OC(F)(F)O5)CC3)n2)ccc1F. The van der Waals surface area contributed by atoms with E-state index in [2.05, 4.69) is 14.5 Å². The van der Waals surface area contributed by atoms with Crippen molar-refractivity contribution in [3.8, 4) is 22.8 Å². The molecule has 0 bridgehead atoms. The molecule has 1 fully saturated rings. The van der Waals surface area contributed by atoms with E-state index in [1.165, 1.54) is 30.3 Å². The Kier molecular flexibility index (Phi) is 4.54. The number of hydrogen-bond acceptors (Lipinski definition) is 5. The van der Waals surface area contributed by atoms with E-state index in [-0.39, 0.29) is 29.3 Å². The molecule has 2 aromatic carbocycles. The van der Waals surface area contributed by atoms with Crippen molar-refractivity contribution >= 4 is 12.1 Å². The summed E-state index contributed by atoms with van der Waals surface area (Å²) in [5.41, 5.74) is 1.34. The van der Waals surface area contributed by atoms with E-state index in [0.717, 1.165) is 0 Å². The number of Topliss-reactive ketones (excluding diaryl/α,β-unsaturated/α-hetero) is 1. The third kappa shape index (κ3) is 3.51. The molecule has 1 aliphatic heterocycles. The summed E-state index contributed by atoms with van der Waals surface area (Å²) in [7, 11) is 0. The van der Waals surface area contributed by atoms with Gasteiger partial charge in [-0.15, -0.1) is 8.78 Å². The van der Waals surface area contributed by atoms with E-state index in [1.807, 2.05) is 0 Å². The van der Waals surface area contributed by atoms with Gasteiger partial charge in [-0.2, -0.15) is 0 Å². The molecule has 0 atom stereocenters. The number of hydrogen-bond donors (Lipinski definition) is 0. The molecule has 1 aliphatic carbocycles. The summed E-state index contributed by atoms with van der Waals surface area (Å²) >= 11 is 0. The lowest BCUT2D eigenvalue weighted by Crippen LogP contribution is -2.26. The summed E-state index contributed by atoms with van der Waals surface area (Å²) < 4.78 is 49.2. The van der Waals surface area contributed by atoms with E-state index in [4.69, 9.17) is 0 Å². The maximum atomic E-state index is 13.6. The van der Waals surface area contributed by atoms with Crippen LogP contribution >= 0.6 is 0 Å². The molecule has 3 aromatic rings. The van der Waals surface area contributed by atoms with Gasteiger partial charge in [0.2, 0.25) is 0 Å². The third-order valence-corrected chi connectivity index (χ3v) is 5.80. The summed E-state index contributed by atoms with van der Waals surface area (Å²) in [6, 6.07) is 13.7. The fourth-order valence-electron chi connectivity index (χ4n) is 3.97. The van der Waals surface area contributed by atoms with Gasteiger partial charge >= 0.3 is 6.29 Å². The van der Waals surface area contributed by atoms with Crippen molar-refractivity contribution in [3.63, 3.8) is 0 Å². The maximum Gasteiger partial charge on any atom is 0.586 e. The zero-order valence-electron chi connectivity index (χ0n) is 16.6. The number of carbonyl (C=O) groups is 2. The number of nitrogens with zero attached hydrogens (tertiary/aromatic N) is 1. The largest absolute Gasteiger partial charge is 0.586 e. The Morgan fingerprint density at radius 2 is 1.81 bits per heavy atom. The monoisotopic (exact) mass is 439 g/mol. The predicted octanol–water partition coefficient (Wildman–Crippen LogP) is 4.87. The second kappa shape index (κ2) is 7.19. The Bertz CT molecular complexity index is 1250. The molecule has 0 N–H and O–H groups in total. The van der Waals surface area contributed by atoms with Crippen LogP contribution in [0.5, 0.6) is 11.5 Å². The number of aldehydes is 1. The van der Waals surface area contributed by atoms with E-state index >= 15 is 0 Å². The molecule has 1 saturated carbocycles. The highest BCUT2D eigenvalue weighted by molar-refractivity contribution is 5.94. The van der Waals surface area contributed by atoms with E-state index in [1.54, 1.807) is 24.3 Å². The number of aromatic nitrogens is 1. The second-order valence-electron chi connectivity index (χ2n) is 7.88.